The van der Waals surface area contributed by atoms with Crippen molar-refractivity contribution in [2.24, 2.45) is 0 Å². The first-order valence-electron chi connectivity index (χ1n) is 7.67. The van der Waals surface area contributed by atoms with Gasteiger partial charge in [-0.2, -0.15) is 0 Å². The summed E-state index contributed by atoms with van der Waals surface area (Å²) in [6, 6.07) is 7.56. The molecule has 0 bridgehead atoms. The summed E-state index contributed by atoms with van der Waals surface area (Å²) in [4.78, 5) is 25.5. The topological polar surface area (TPSA) is 75.2 Å². The van der Waals surface area contributed by atoms with E-state index in [1.165, 1.54) is 11.3 Å². The van der Waals surface area contributed by atoms with E-state index in [1.807, 2.05) is 31.2 Å². The molecule has 2 aromatic rings. The number of carbonyl (C=O) groups excluding carboxylic acids is 2. The van der Waals surface area contributed by atoms with Gasteiger partial charge in [-0.1, -0.05) is 30.4 Å². The molecule has 0 aliphatic carbocycles. The predicted molar refractivity (Wildman–Crippen MR) is 89.6 cm³/mol. The number of amides is 2. The van der Waals surface area contributed by atoms with Crippen molar-refractivity contribution in [3.05, 3.63) is 34.8 Å². The molecule has 1 aliphatic rings. The largest absolute Gasteiger partial charge is 0.312 e. The number of hydrogen-bond acceptors (Lipinski definition) is 5. The van der Waals surface area contributed by atoms with Crippen molar-refractivity contribution < 1.29 is 9.59 Å². The van der Waals surface area contributed by atoms with Gasteiger partial charge in [0.15, 0.2) is 0 Å². The standard InChI is InChI=1S/C16H18N4O2S/c1-2-14-18-19-16(23-14)17-13(21)10-11-5-7-12(8-6-11)20-9-3-4-15(20)22/h5-8H,2-4,9-10H2,1H3,(H,17,19,21). The van der Waals surface area contributed by atoms with Crippen LogP contribution in [0, 0.1) is 0 Å². The lowest BCUT2D eigenvalue weighted by Gasteiger charge is -2.15. The van der Waals surface area contributed by atoms with Gasteiger partial charge in [-0.15, -0.1) is 10.2 Å². The van der Waals surface area contributed by atoms with Crippen LogP contribution in [0.3, 0.4) is 0 Å². The zero-order valence-corrected chi connectivity index (χ0v) is 13.7. The first kappa shape index (κ1) is 15.6. The Balaban J connectivity index is 1.59. The molecule has 1 aromatic carbocycles. The number of hydrogen-bond donors (Lipinski definition) is 1. The fraction of sp³-hybridized carbons (Fsp3) is 0.375. The van der Waals surface area contributed by atoms with Crippen molar-refractivity contribution in [2.75, 3.05) is 16.8 Å². The summed E-state index contributed by atoms with van der Waals surface area (Å²) in [6.45, 7) is 2.77. The SMILES string of the molecule is CCc1nnc(NC(=O)Cc2ccc(N3CCCC3=O)cc2)s1. The van der Waals surface area contributed by atoms with Gasteiger partial charge in [0.25, 0.3) is 0 Å². The van der Waals surface area contributed by atoms with Crippen molar-refractivity contribution in [1.82, 2.24) is 10.2 Å². The monoisotopic (exact) mass is 330 g/mol. The molecule has 0 spiro atoms. The minimum atomic E-state index is -0.117. The molecule has 0 saturated carbocycles. The van der Waals surface area contributed by atoms with Crippen LogP contribution in [0.1, 0.15) is 30.3 Å². The van der Waals surface area contributed by atoms with Gasteiger partial charge in [0, 0.05) is 18.7 Å². The Morgan fingerprint density at radius 2 is 2.09 bits per heavy atom. The highest BCUT2D eigenvalue weighted by Crippen LogP contribution is 2.22. The molecule has 1 aromatic heterocycles. The quantitative estimate of drug-likeness (QED) is 0.913. The second-order valence-electron chi connectivity index (χ2n) is 5.39. The van der Waals surface area contributed by atoms with Crippen molar-refractivity contribution in [1.29, 1.82) is 0 Å². The smallest absolute Gasteiger partial charge is 0.230 e. The fourth-order valence-corrected chi connectivity index (χ4v) is 3.21. The first-order chi connectivity index (χ1) is 11.2. The molecule has 2 amide bonds. The molecule has 1 N–H and O–H groups in total. The Kier molecular flexibility index (Phi) is 4.66. The average molecular weight is 330 g/mol. The van der Waals surface area contributed by atoms with Crippen LogP contribution in [0.2, 0.25) is 0 Å². The zero-order valence-electron chi connectivity index (χ0n) is 12.9. The highest BCUT2D eigenvalue weighted by molar-refractivity contribution is 7.15. The summed E-state index contributed by atoms with van der Waals surface area (Å²) in [5, 5.41) is 12.1. The molecule has 2 heterocycles. The van der Waals surface area contributed by atoms with Crippen molar-refractivity contribution in [3.63, 3.8) is 0 Å². The van der Waals surface area contributed by atoms with Crippen LogP contribution in [0.15, 0.2) is 24.3 Å². The van der Waals surface area contributed by atoms with Gasteiger partial charge < -0.3 is 10.2 Å². The van der Waals surface area contributed by atoms with Crippen LogP contribution in [0.5, 0.6) is 0 Å². The van der Waals surface area contributed by atoms with Crippen LogP contribution < -0.4 is 10.2 Å². The van der Waals surface area contributed by atoms with E-state index >= 15 is 0 Å². The predicted octanol–water partition coefficient (Wildman–Crippen LogP) is 2.41. The van der Waals surface area contributed by atoms with Crippen molar-refractivity contribution >= 4 is 34.0 Å². The third-order valence-corrected chi connectivity index (χ3v) is 4.68. The minimum absolute atomic E-state index is 0.117. The Morgan fingerprint density at radius 1 is 1.30 bits per heavy atom. The number of nitrogens with zero attached hydrogens (tertiary/aromatic N) is 3. The van der Waals surface area contributed by atoms with E-state index in [-0.39, 0.29) is 18.2 Å². The summed E-state index contributed by atoms with van der Waals surface area (Å²) < 4.78 is 0. The normalized spacial score (nSPS) is 14.3. The summed E-state index contributed by atoms with van der Waals surface area (Å²) >= 11 is 1.39. The van der Waals surface area contributed by atoms with Crippen LogP contribution >= 0.6 is 11.3 Å². The Hall–Kier alpha value is -2.28. The van der Waals surface area contributed by atoms with E-state index < -0.39 is 0 Å². The fourth-order valence-electron chi connectivity index (χ4n) is 2.51. The number of nitrogens with one attached hydrogen (secondary N) is 1. The van der Waals surface area contributed by atoms with E-state index in [4.69, 9.17) is 0 Å². The van der Waals surface area contributed by atoms with E-state index in [1.54, 1.807) is 4.90 Å². The van der Waals surface area contributed by atoms with Crippen molar-refractivity contribution in [3.8, 4) is 0 Å². The minimum Gasteiger partial charge on any atom is -0.312 e. The van der Waals surface area contributed by atoms with Crippen LogP contribution in [-0.4, -0.2) is 28.6 Å². The molecule has 0 radical (unpaired) electrons. The van der Waals surface area contributed by atoms with Crippen molar-refractivity contribution in [2.45, 2.75) is 32.6 Å². The number of carbonyl (C=O) groups is 2. The molecular weight excluding hydrogens is 312 g/mol. The molecule has 120 valence electrons. The lowest BCUT2D eigenvalue weighted by molar-refractivity contribution is -0.117. The van der Waals surface area contributed by atoms with Gasteiger partial charge in [0.05, 0.1) is 6.42 Å². The average Bonchev–Trinajstić information content (AvgIpc) is 3.17. The Morgan fingerprint density at radius 3 is 2.70 bits per heavy atom. The number of anilines is 2. The highest BCUT2D eigenvalue weighted by atomic mass is 32.1. The molecule has 23 heavy (non-hydrogen) atoms. The van der Waals surface area contributed by atoms with Gasteiger partial charge in [0.1, 0.15) is 5.01 Å². The molecule has 1 fully saturated rings. The van der Waals surface area contributed by atoms with Gasteiger partial charge in [-0.25, -0.2) is 0 Å². The molecule has 1 saturated heterocycles. The molecule has 6 nitrogen and oxygen atoms in total. The lowest BCUT2D eigenvalue weighted by atomic mass is 10.1. The lowest BCUT2D eigenvalue weighted by Crippen LogP contribution is -2.23. The maximum absolute atomic E-state index is 12.0. The first-order valence-corrected chi connectivity index (χ1v) is 8.49. The maximum Gasteiger partial charge on any atom is 0.230 e. The van der Waals surface area contributed by atoms with Gasteiger partial charge >= 0.3 is 0 Å². The second-order valence-corrected chi connectivity index (χ2v) is 6.46. The Bertz CT molecular complexity index is 711. The number of benzene rings is 1. The molecule has 3 rings (SSSR count). The highest BCUT2D eigenvalue weighted by Gasteiger charge is 2.21. The molecule has 0 atom stereocenters. The van der Waals surface area contributed by atoms with Crippen LogP contribution in [-0.2, 0) is 22.4 Å². The van der Waals surface area contributed by atoms with E-state index in [0.29, 0.717) is 11.6 Å². The molecule has 1 aliphatic heterocycles. The summed E-state index contributed by atoms with van der Waals surface area (Å²) in [5.41, 5.74) is 1.80. The number of aryl methyl sites for hydroxylation is 1. The molecular formula is C16H18N4O2S. The van der Waals surface area contributed by atoms with Crippen LogP contribution in [0.4, 0.5) is 10.8 Å². The van der Waals surface area contributed by atoms with E-state index in [2.05, 4.69) is 15.5 Å². The summed E-state index contributed by atoms with van der Waals surface area (Å²) in [7, 11) is 0. The van der Waals surface area contributed by atoms with E-state index in [0.717, 1.165) is 35.6 Å². The van der Waals surface area contributed by atoms with E-state index in [9.17, 15) is 9.59 Å². The zero-order chi connectivity index (χ0) is 16.2. The number of aromatic nitrogens is 2. The van der Waals surface area contributed by atoms with Crippen LogP contribution in [0.25, 0.3) is 0 Å². The van der Waals surface area contributed by atoms with Gasteiger partial charge in [-0.05, 0) is 30.5 Å². The van der Waals surface area contributed by atoms with Gasteiger partial charge in [-0.3, -0.25) is 9.59 Å². The maximum atomic E-state index is 12.0. The Labute approximate surface area is 138 Å². The molecule has 0 unspecified atom stereocenters. The third kappa shape index (κ3) is 3.73. The summed E-state index contributed by atoms with van der Waals surface area (Å²) in [5.74, 6) is 0.0484. The number of rotatable bonds is 5. The molecule has 7 heteroatoms. The third-order valence-electron chi connectivity index (χ3n) is 3.70. The van der Waals surface area contributed by atoms with Gasteiger partial charge in [0.2, 0.25) is 16.9 Å². The second kappa shape index (κ2) is 6.87. The summed E-state index contributed by atoms with van der Waals surface area (Å²) in [6.07, 6.45) is 2.61.